The van der Waals surface area contributed by atoms with Crippen molar-refractivity contribution in [2.24, 2.45) is 0 Å². The molecule has 0 aliphatic carbocycles. The zero-order valence-electron chi connectivity index (χ0n) is 16.2. The van der Waals surface area contributed by atoms with Gasteiger partial charge in [-0.05, 0) is 48.6 Å². The molecule has 0 spiro atoms. The Labute approximate surface area is 168 Å². The number of halogens is 2. The fourth-order valence-corrected chi connectivity index (χ4v) is 3.27. The Kier molecular flexibility index (Phi) is 7.05. The molecule has 154 valence electrons. The number of benzene rings is 2. The number of para-hydroxylation sites is 1. The number of carbonyl (C=O) groups excluding carboxylic acids is 1. The number of aromatic amines is 1. The molecule has 0 aliphatic rings. The number of ether oxygens (including phenoxy) is 2. The topological polar surface area (TPSA) is 63.3 Å². The largest absolute Gasteiger partial charge is 0.493 e. The highest BCUT2D eigenvalue weighted by molar-refractivity contribution is 5.83. The van der Waals surface area contributed by atoms with Crippen LogP contribution in [0.4, 0.5) is 8.78 Å². The number of fused-ring (bicyclic) bond motifs is 1. The van der Waals surface area contributed by atoms with Crippen molar-refractivity contribution < 1.29 is 23.0 Å². The highest BCUT2D eigenvalue weighted by Gasteiger charge is 2.11. The smallest absolute Gasteiger partial charge is 0.387 e. The predicted molar refractivity (Wildman–Crippen MR) is 108 cm³/mol. The van der Waals surface area contributed by atoms with E-state index in [0.29, 0.717) is 19.4 Å². The molecule has 0 saturated heterocycles. The lowest BCUT2D eigenvalue weighted by atomic mass is 10.1. The van der Waals surface area contributed by atoms with Crippen molar-refractivity contribution in [3.8, 4) is 11.5 Å². The first-order valence-electron chi connectivity index (χ1n) is 9.50. The maximum Gasteiger partial charge on any atom is 0.387 e. The number of H-pyrrole nitrogens is 1. The molecule has 0 atom stereocenters. The summed E-state index contributed by atoms with van der Waals surface area (Å²) in [6.07, 6.45) is 4.61. The molecule has 0 saturated carbocycles. The number of methoxy groups -OCH3 is 1. The maximum absolute atomic E-state index is 12.4. The van der Waals surface area contributed by atoms with Crippen molar-refractivity contribution in [1.82, 2.24) is 10.3 Å². The molecule has 7 heteroatoms. The molecular formula is C22H24F2N2O3. The number of nitrogens with one attached hydrogen (secondary N) is 2. The Balaban J connectivity index is 1.41. The number of aryl methyl sites for hydroxylation is 1. The van der Waals surface area contributed by atoms with Gasteiger partial charge in [-0.1, -0.05) is 24.3 Å². The van der Waals surface area contributed by atoms with E-state index in [1.54, 1.807) is 12.1 Å². The van der Waals surface area contributed by atoms with E-state index in [0.717, 1.165) is 23.9 Å². The van der Waals surface area contributed by atoms with Gasteiger partial charge in [0.15, 0.2) is 11.5 Å². The second-order valence-corrected chi connectivity index (χ2v) is 6.68. The molecule has 0 bridgehead atoms. The summed E-state index contributed by atoms with van der Waals surface area (Å²) in [4.78, 5) is 15.3. The van der Waals surface area contributed by atoms with Gasteiger partial charge < -0.3 is 19.8 Å². The minimum absolute atomic E-state index is 0.00513. The number of amides is 1. The monoisotopic (exact) mass is 402 g/mol. The Morgan fingerprint density at radius 2 is 1.97 bits per heavy atom. The van der Waals surface area contributed by atoms with E-state index >= 15 is 0 Å². The molecule has 0 unspecified atom stereocenters. The van der Waals surface area contributed by atoms with Crippen molar-refractivity contribution in [2.75, 3.05) is 13.7 Å². The molecule has 3 rings (SSSR count). The highest BCUT2D eigenvalue weighted by atomic mass is 19.3. The first kappa shape index (κ1) is 20.6. The summed E-state index contributed by atoms with van der Waals surface area (Å²) in [5, 5.41) is 4.09. The maximum atomic E-state index is 12.4. The van der Waals surface area contributed by atoms with Crippen LogP contribution in [0.2, 0.25) is 0 Å². The SMILES string of the molecule is COc1cc(CCNC(=O)CCCc2c[nH]c3ccccc23)ccc1OC(F)F. The van der Waals surface area contributed by atoms with E-state index in [-0.39, 0.29) is 17.4 Å². The molecule has 2 aromatic carbocycles. The first-order valence-corrected chi connectivity index (χ1v) is 9.50. The summed E-state index contributed by atoms with van der Waals surface area (Å²) >= 11 is 0. The zero-order chi connectivity index (χ0) is 20.6. The molecule has 29 heavy (non-hydrogen) atoms. The van der Waals surface area contributed by atoms with E-state index in [9.17, 15) is 13.6 Å². The van der Waals surface area contributed by atoms with Crippen LogP contribution in [0, 0.1) is 0 Å². The van der Waals surface area contributed by atoms with Crippen LogP contribution in [0.3, 0.4) is 0 Å². The molecule has 3 aromatic rings. The van der Waals surface area contributed by atoms with Crippen molar-refractivity contribution in [1.29, 1.82) is 0 Å². The lowest BCUT2D eigenvalue weighted by molar-refractivity contribution is -0.121. The predicted octanol–water partition coefficient (Wildman–Crippen LogP) is 4.46. The Hall–Kier alpha value is -3.09. The number of alkyl halides is 2. The standard InChI is InChI=1S/C22H24F2N2O3/c1-28-20-13-15(9-10-19(20)29-22(23)24)11-12-25-21(27)8-4-5-16-14-26-18-7-3-2-6-17(16)18/h2-3,6-7,9-10,13-14,22,26H,4-5,8,11-12H2,1H3,(H,25,27). The number of rotatable bonds is 10. The molecule has 2 N–H and O–H groups in total. The van der Waals surface area contributed by atoms with Gasteiger partial charge in [0, 0.05) is 30.1 Å². The zero-order valence-corrected chi connectivity index (χ0v) is 16.2. The minimum Gasteiger partial charge on any atom is -0.493 e. The molecule has 1 amide bonds. The van der Waals surface area contributed by atoms with E-state index in [1.165, 1.54) is 24.1 Å². The van der Waals surface area contributed by atoms with Crippen LogP contribution in [0.5, 0.6) is 11.5 Å². The van der Waals surface area contributed by atoms with Crippen molar-refractivity contribution in [3.63, 3.8) is 0 Å². The van der Waals surface area contributed by atoms with E-state index in [4.69, 9.17) is 4.74 Å². The summed E-state index contributed by atoms with van der Waals surface area (Å²) in [6, 6.07) is 12.9. The third-order valence-corrected chi connectivity index (χ3v) is 4.70. The van der Waals surface area contributed by atoms with Gasteiger partial charge in [-0.25, -0.2) is 0 Å². The van der Waals surface area contributed by atoms with Crippen molar-refractivity contribution >= 4 is 16.8 Å². The fourth-order valence-electron chi connectivity index (χ4n) is 3.27. The summed E-state index contributed by atoms with van der Waals surface area (Å²) in [7, 11) is 1.40. The Morgan fingerprint density at radius 1 is 1.14 bits per heavy atom. The lowest BCUT2D eigenvalue weighted by Gasteiger charge is -2.11. The number of hydrogen-bond donors (Lipinski definition) is 2. The fraction of sp³-hybridized carbons (Fsp3) is 0.318. The van der Waals surface area contributed by atoms with Crippen LogP contribution < -0.4 is 14.8 Å². The van der Waals surface area contributed by atoms with Gasteiger partial charge in [0.1, 0.15) is 0 Å². The quantitative estimate of drug-likeness (QED) is 0.526. The van der Waals surface area contributed by atoms with Gasteiger partial charge in [0.2, 0.25) is 5.91 Å². The molecule has 0 radical (unpaired) electrons. The molecule has 0 aliphatic heterocycles. The van der Waals surface area contributed by atoms with Gasteiger partial charge in [0.25, 0.3) is 0 Å². The van der Waals surface area contributed by atoms with Crippen LogP contribution in [0.1, 0.15) is 24.0 Å². The average Bonchev–Trinajstić information content (AvgIpc) is 3.12. The van der Waals surface area contributed by atoms with Gasteiger partial charge in [-0.2, -0.15) is 8.78 Å². The normalized spacial score (nSPS) is 11.0. The van der Waals surface area contributed by atoms with Gasteiger partial charge in [0.05, 0.1) is 7.11 Å². The highest BCUT2D eigenvalue weighted by Crippen LogP contribution is 2.29. The van der Waals surface area contributed by atoms with Crippen LogP contribution in [0.25, 0.3) is 10.9 Å². The van der Waals surface area contributed by atoms with E-state index in [2.05, 4.69) is 21.1 Å². The third kappa shape index (κ3) is 5.70. The molecule has 5 nitrogen and oxygen atoms in total. The summed E-state index contributed by atoms with van der Waals surface area (Å²) in [6.45, 7) is -2.44. The van der Waals surface area contributed by atoms with Gasteiger partial charge in [-0.3, -0.25) is 4.79 Å². The van der Waals surface area contributed by atoms with E-state index < -0.39 is 6.61 Å². The van der Waals surface area contributed by atoms with Crippen molar-refractivity contribution in [2.45, 2.75) is 32.3 Å². The summed E-state index contributed by atoms with van der Waals surface area (Å²) < 4.78 is 34.2. The minimum atomic E-state index is -2.90. The van der Waals surface area contributed by atoms with Crippen LogP contribution in [0.15, 0.2) is 48.7 Å². The Morgan fingerprint density at radius 3 is 2.76 bits per heavy atom. The molecular weight excluding hydrogens is 378 g/mol. The molecule has 1 aromatic heterocycles. The van der Waals surface area contributed by atoms with Crippen LogP contribution in [-0.2, 0) is 17.6 Å². The second-order valence-electron chi connectivity index (χ2n) is 6.68. The van der Waals surface area contributed by atoms with Gasteiger partial charge in [-0.15, -0.1) is 0 Å². The molecule has 1 heterocycles. The number of carbonyl (C=O) groups is 1. The van der Waals surface area contributed by atoms with E-state index in [1.807, 2.05) is 24.4 Å². The van der Waals surface area contributed by atoms with Crippen LogP contribution >= 0.6 is 0 Å². The van der Waals surface area contributed by atoms with Gasteiger partial charge >= 0.3 is 6.61 Å². The third-order valence-electron chi connectivity index (χ3n) is 4.70. The first-order chi connectivity index (χ1) is 14.1. The summed E-state index contributed by atoms with van der Waals surface area (Å²) in [5.41, 5.74) is 3.18. The van der Waals surface area contributed by atoms with Crippen LogP contribution in [-0.4, -0.2) is 31.2 Å². The lowest BCUT2D eigenvalue weighted by Crippen LogP contribution is -2.25. The summed E-state index contributed by atoms with van der Waals surface area (Å²) in [5.74, 6) is 0.231. The average molecular weight is 402 g/mol. The second kappa shape index (κ2) is 9.91. The molecule has 0 fully saturated rings. The number of hydrogen-bond acceptors (Lipinski definition) is 3. The Bertz CT molecular complexity index is 956. The van der Waals surface area contributed by atoms with Crippen molar-refractivity contribution in [3.05, 3.63) is 59.8 Å². The number of aromatic nitrogens is 1.